The van der Waals surface area contributed by atoms with Gasteiger partial charge in [0.1, 0.15) is 0 Å². The molecule has 0 spiro atoms. The summed E-state index contributed by atoms with van der Waals surface area (Å²) in [6, 6.07) is 15.7. The Hall–Kier alpha value is -1.51. The van der Waals surface area contributed by atoms with Crippen LogP contribution in [0.5, 0.6) is 0 Å². The molecule has 0 aliphatic carbocycles. The number of ether oxygens (including phenoxy) is 1. The fourth-order valence-corrected chi connectivity index (χ4v) is 4.51. The van der Waals surface area contributed by atoms with Gasteiger partial charge in [-0.2, -0.15) is 0 Å². The maximum Gasteiger partial charge on any atom is 0.260 e. The summed E-state index contributed by atoms with van der Waals surface area (Å²) in [5, 5.41) is 0.737. The van der Waals surface area contributed by atoms with Crippen molar-refractivity contribution in [2.75, 3.05) is 18.1 Å². The van der Waals surface area contributed by atoms with Gasteiger partial charge in [-0.05, 0) is 65.8 Å². The Bertz CT molecular complexity index is 872. The average molecular weight is 464 g/mol. The lowest BCUT2D eigenvalue weighted by atomic mass is 10.2. The smallest absolute Gasteiger partial charge is 0.260 e. The van der Waals surface area contributed by atoms with Crippen molar-refractivity contribution in [2.45, 2.75) is 18.9 Å². The van der Waals surface area contributed by atoms with Gasteiger partial charge in [0, 0.05) is 15.7 Å². The molecule has 1 amide bonds. The van der Waals surface area contributed by atoms with E-state index in [0.29, 0.717) is 12.1 Å². The van der Waals surface area contributed by atoms with E-state index in [9.17, 15) is 4.79 Å². The average Bonchev–Trinajstić information content (AvgIpc) is 3.28. The summed E-state index contributed by atoms with van der Waals surface area (Å²) in [6.45, 7) is 1.32. The quantitative estimate of drug-likeness (QED) is 0.525. The van der Waals surface area contributed by atoms with Crippen LogP contribution >= 0.6 is 33.9 Å². The first-order valence-corrected chi connectivity index (χ1v) is 10.1. The highest BCUT2D eigenvalue weighted by Crippen LogP contribution is 2.30. The summed E-state index contributed by atoms with van der Waals surface area (Å²) in [5.41, 5.74) is 1.61. The lowest BCUT2D eigenvalue weighted by molar-refractivity contribution is 0.0917. The molecule has 4 rings (SSSR count). The van der Waals surface area contributed by atoms with Gasteiger partial charge in [0.25, 0.3) is 5.91 Å². The second kappa shape index (κ2) is 7.39. The first kappa shape index (κ1) is 16.9. The van der Waals surface area contributed by atoms with Crippen LogP contribution in [-0.4, -0.2) is 30.1 Å². The van der Waals surface area contributed by atoms with Crippen LogP contribution in [-0.2, 0) is 4.74 Å². The summed E-state index contributed by atoms with van der Waals surface area (Å²) in [5.74, 6) is -0.0203. The minimum absolute atomic E-state index is 0.0203. The highest BCUT2D eigenvalue weighted by Gasteiger charge is 2.27. The van der Waals surface area contributed by atoms with Gasteiger partial charge >= 0.3 is 0 Å². The standard InChI is InChI=1S/C19H17IN2O2S/c20-14-6-3-5-13(11-14)18(23)22(12-15-7-4-10-24-15)19-21-16-8-1-2-9-17(16)25-19/h1-3,5-6,8-9,11,15H,4,7,10,12H2. The van der Waals surface area contributed by atoms with Crippen molar-refractivity contribution >= 4 is 55.2 Å². The Kier molecular flexibility index (Phi) is 5.00. The molecule has 2 aromatic carbocycles. The van der Waals surface area contributed by atoms with Crippen LogP contribution in [0.3, 0.4) is 0 Å². The van der Waals surface area contributed by atoms with Gasteiger partial charge in [-0.25, -0.2) is 4.98 Å². The molecular weight excluding hydrogens is 447 g/mol. The molecule has 2 heterocycles. The Labute approximate surface area is 164 Å². The van der Waals surface area contributed by atoms with Crippen LogP contribution in [0.25, 0.3) is 10.2 Å². The number of thiazole rings is 1. The highest BCUT2D eigenvalue weighted by atomic mass is 127. The van der Waals surface area contributed by atoms with Crippen molar-refractivity contribution in [3.63, 3.8) is 0 Å². The van der Waals surface area contributed by atoms with E-state index >= 15 is 0 Å². The molecule has 1 unspecified atom stereocenters. The van der Waals surface area contributed by atoms with E-state index in [-0.39, 0.29) is 12.0 Å². The van der Waals surface area contributed by atoms with E-state index in [1.807, 2.05) is 48.5 Å². The highest BCUT2D eigenvalue weighted by molar-refractivity contribution is 14.1. The molecule has 1 aliphatic heterocycles. The van der Waals surface area contributed by atoms with E-state index in [1.54, 1.807) is 16.2 Å². The normalized spacial score (nSPS) is 17.1. The third-order valence-corrected chi connectivity index (χ3v) is 5.97. The molecule has 4 nitrogen and oxygen atoms in total. The summed E-state index contributed by atoms with van der Waals surface area (Å²) in [6.07, 6.45) is 2.12. The first-order chi connectivity index (χ1) is 12.2. The topological polar surface area (TPSA) is 42.4 Å². The molecule has 1 fully saturated rings. The predicted octanol–water partition coefficient (Wildman–Crippen LogP) is 4.73. The number of hydrogen-bond acceptors (Lipinski definition) is 4. The SMILES string of the molecule is O=C(c1cccc(I)c1)N(CC1CCCO1)c1nc2ccccc2s1. The molecule has 1 saturated heterocycles. The van der Waals surface area contributed by atoms with Gasteiger partial charge in [-0.15, -0.1) is 0 Å². The molecule has 0 bridgehead atoms. The summed E-state index contributed by atoms with van der Waals surface area (Å²) < 4.78 is 7.90. The minimum atomic E-state index is -0.0203. The fraction of sp³-hybridized carbons (Fsp3) is 0.263. The number of benzene rings is 2. The van der Waals surface area contributed by atoms with Gasteiger partial charge in [0.2, 0.25) is 0 Å². The van der Waals surface area contributed by atoms with E-state index < -0.39 is 0 Å². The number of nitrogens with zero attached hydrogens (tertiary/aromatic N) is 2. The van der Waals surface area contributed by atoms with Crippen LogP contribution < -0.4 is 4.90 Å². The number of halogens is 1. The maximum absolute atomic E-state index is 13.2. The molecule has 0 radical (unpaired) electrons. The number of fused-ring (bicyclic) bond motifs is 1. The summed E-state index contributed by atoms with van der Waals surface area (Å²) in [7, 11) is 0. The maximum atomic E-state index is 13.2. The van der Waals surface area contributed by atoms with Crippen LogP contribution in [0.1, 0.15) is 23.2 Å². The Morgan fingerprint density at radius 2 is 2.16 bits per heavy atom. The molecule has 3 aromatic rings. The van der Waals surface area contributed by atoms with Crippen molar-refractivity contribution in [2.24, 2.45) is 0 Å². The number of para-hydroxylation sites is 1. The van der Waals surface area contributed by atoms with Crippen molar-refractivity contribution in [3.8, 4) is 0 Å². The number of hydrogen-bond donors (Lipinski definition) is 0. The van der Waals surface area contributed by atoms with Gasteiger partial charge in [0.05, 0.1) is 22.9 Å². The van der Waals surface area contributed by atoms with Crippen LogP contribution in [0.4, 0.5) is 5.13 Å². The van der Waals surface area contributed by atoms with Crippen molar-refractivity contribution < 1.29 is 9.53 Å². The Morgan fingerprint density at radius 1 is 1.28 bits per heavy atom. The van der Waals surface area contributed by atoms with Gasteiger partial charge in [-0.1, -0.05) is 29.5 Å². The molecule has 6 heteroatoms. The largest absolute Gasteiger partial charge is 0.376 e. The fourth-order valence-electron chi connectivity index (χ4n) is 2.99. The first-order valence-electron chi connectivity index (χ1n) is 8.25. The predicted molar refractivity (Wildman–Crippen MR) is 109 cm³/mol. The molecule has 1 aromatic heterocycles. The van der Waals surface area contributed by atoms with Crippen molar-refractivity contribution in [3.05, 3.63) is 57.7 Å². The minimum Gasteiger partial charge on any atom is -0.376 e. The molecule has 128 valence electrons. The lowest BCUT2D eigenvalue weighted by Crippen LogP contribution is -2.37. The molecule has 1 atom stereocenters. The number of aromatic nitrogens is 1. The van der Waals surface area contributed by atoms with Gasteiger partial charge < -0.3 is 4.74 Å². The molecule has 0 N–H and O–H groups in total. The summed E-state index contributed by atoms with van der Waals surface area (Å²) >= 11 is 3.78. The van der Waals surface area contributed by atoms with Crippen LogP contribution in [0.2, 0.25) is 0 Å². The van der Waals surface area contributed by atoms with Crippen molar-refractivity contribution in [1.82, 2.24) is 4.98 Å². The zero-order valence-electron chi connectivity index (χ0n) is 13.5. The third-order valence-electron chi connectivity index (χ3n) is 4.24. The number of amides is 1. The number of carbonyl (C=O) groups excluding carboxylic acids is 1. The van der Waals surface area contributed by atoms with E-state index in [1.165, 1.54) is 0 Å². The van der Waals surface area contributed by atoms with Crippen LogP contribution in [0.15, 0.2) is 48.5 Å². The molecule has 25 heavy (non-hydrogen) atoms. The van der Waals surface area contributed by atoms with Gasteiger partial charge in [0.15, 0.2) is 5.13 Å². The monoisotopic (exact) mass is 464 g/mol. The van der Waals surface area contributed by atoms with E-state index in [4.69, 9.17) is 9.72 Å². The second-order valence-electron chi connectivity index (χ2n) is 6.03. The zero-order chi connectivity index (χ0) is 17.2. The zero-order valence-corrected chi connectivity index (χ0v) is 16.5. The molecular formula is C19H17IN2O2S. The lowest BCUT2D eigenvalue weighted by Gasteiger charge is -2.23. The molecule has 0 saturated carbocycles. The summed E-state index contributed by atoms with van der Waals surface area (Å²) in [4.78, 5) is 19.7. The van der Waals surface area contributed by atoms with E-state index in [0.717, 1.165) is 38.4 Å². The van der Waals surface area contributed by atoms with Crippen molar-refractivity contribution in [1.29, 1.82) is 0 Å². The number of anilines is 1. The molecule has 1 aliphatic rings. The second-order valence-corrected chi connectivity index (χ2v) is 8.28. The van der Waals surface area contributed by atoms with Gasteiger partial charge in [-0.3, -0.25) is 9.69 Å². The number of rotatable bonds is 4. The van der Waals surface area contributed by atoms with E-state index in [2.05, 4.69) is 22.6 Å². The Morgan fingerprint density at radius 3 is 2.92 bits per heavy atom. The van der Waals surface area contributed by atoms with Crippen LogP contribution in [0, 0.1) is 3.57 Å². The Balaban J connectivity index is 1.71. The number of carbonyl (C=O) groups is 1. The third kappa shape index (κ3) is 3.70.